The van der Waals surface area contributed by atoms with Gasteiger partial charge in [-0.15, -0.1) is 0 Å². The van der Waals surface area contributed by atoms with Gasteiger partial charge in [0.2, 0.25) is 0 Å². The first kappa shape index (κ1) is 28.3. The minimum absolute atomic E-state index is 0.196. The second-order valence-electron chi connectivity index (χ2n) is 9.39. The predicted molar refractivity (Wildman–Crippen MR) is 161 cm³/mol. The zero-order chi connectivity index (χ0) is 28.3. The number of fused-ring (bicyclic) bond motifs is 1. The van der Waals surface area contributed by atoms with E-state index in [1.807, 2.05) is 44.2 Å². The molecule has 0 aliphatic carbocycles. The molecule has 8 nitrogen and oxygen atoms in total. The first-order chi connectivity index (χ1) is 18.6. The molecule has 0 aliphatic rings. The second-order valence-corrected chi connectivity index (χ2v) is 10.6. The van der Waals surface area contributed by atoms with Crippen LogP contribution in [0.25, 0.3) is 22.3 Å². The van der Waals surface area contributed by atoms with Gasteiger partial charge in [0.1, 0.15) is 11.5 Å². The van der Waals surface area contributed by atoms with E-state index >= 15 is 0 Å². The van der Waals surface area contributed by atoms with E-state index in [1.54, 1.807) is 30.5 Å². The van der Waals surface area contributed by atoms with Gasteiger partial charge in [-0.1, -0.05) is 26.0 Å². The first-order valence-corrected chi connectivity index (χ1v) is 13.7. The molecular formula is C30H30IN3O5. The molecule has 0 spiro atoms. The average molecular weight is 639 g/mol. The number of rotatable bonds is 9. The van der Waals surface area contributed by atoms with Crippen LogP contribution < -0.4 is 15.0 Å². The summed E-state index contributed by atoms with van der Waals surface area (Å²) in [6.45, 7) is 10.2. The molecular weight excluding hydrogens is 609 g/mol. The first-order valence-electron chi connectivity index (χ1n) is 12.6. The van der Waals surface area contributed by atoms with Crippen molar-refractivity contribution in [2.75, 3.05) is 6.61 Å². The molecule has 1 heterocycles. The molecule has 0 bridgehead atoms. The number of carbonyl (C=O) groups is 1. The number of nitrogens with zero attached hydrogens (tertiary/aromatic N) is 3. The quantitative estimate of drug-likeness (QED) is 0.172. The van der Waals surface area contributed by atoms with Crippen LogP contribution >= 0.6 is 22.6 Å². The van der Waals surface area contributed by atoms with E-state index in [9.17, 15) is 9.59 Å². The fourth-order valence-electron chi connectivity index (χ4n) is 4.13. The lowest BCUT2D eigenvalue weighted by Crippen LogP contribution is -2.23. The highest BCUT2D eigenvalue weighted by Crippen LogP contribution is 2.34. The Labute approximate surface area is 240 Å². The van der Waals surface area contributed by atoms with Crippen molar-refractivity contribution in [3.8, 4) is 22.9 Å². The van der Waals surface area contributed by atoms with E-state index in [-0.39, 0.29) is 11.5 Å². The van der Waals surface area contributed by atoms with Crippen molar-refractivity contribution in [1.29, 1.82) is 0 Å². The Balaban J connectivity index is 1.85. The molecule has 4 aromatic rings. The summed E-state index contributed by atoms with van der Waals surface area (Å²) >= 11 is 2.08. The van der Waals surface area contributed by atoms with Gasteiger partial charge in [0.25, 0.3) is 5.56 Å². The molecule has 0 radical (unpaired) electrons. The lowest BCUT2D eigenvalue weighted by Gasteiger charge is -2.18. The summed E-state index contributed by atoms with van der Waals surface area (Å²) in [5, 5.41) is 14.2. The number of carboxylic acids is 1. The Bertz CT molecular complexity index is 1630. The molecule has 9 heteroatoms. The van der Waals surface area contributed by atoms with E-state index in [4.69, 9.17) is 19.6 Å². The van der Waals surface area contributed by atoms with E-state index in [2.05, 4.69) is 41.5 Å². The molecule has 39 heavy (non-hydrogen) atoms. The molecule has 1 N–H and O–H groups in total. The van der Waals surface area contributed by atoms with Crippen LogP contribution in [0.15, 0.2) is 64.5 Å². The minimum Gasteiger partial charge on any atom is -0.494 e. The molecule has 0 amide bonds. The third kappa shape index (κ3) is 6.13. The van der Waals surface area contributed by atoms with Crippen molar-refractivity contribution in [3.05, 3.63) is 85.2 Å². The van der Waals surface area contributed by atoms with Crippen LogP contribution in [0.3, 0.4) is 0 Å². The Kier molecular flexibility index (Phi) is 8.69. The number of ether oxygens (including phenoxy) is 2. The molecule has 202 valence electrons. The highest BCUT2D eigenvalue weighted by Gasteiger charge is 2.19. The topological polar surface area (TPSA) is 103 Å². The van der Waals surface area contributed by atoms with Crippen molar-refractivity contribution in [2.24, 2.45) is 5.10 Å². The molecule has 0 saturated heterocycles. The maximum Gasteiger partial charge on any atom is 0.344 e. The minimum atomic E-state index is -1.04. The van der Waals surface area contributed by atoms with Gasteiger partial charge >= 0.3 is 5.97 Å². The number of hydrogen-bond acceptors (Lipinski definition) is 6. The smallest absolute Gasteiger partial charge is 0.344 e. The number of aliphatic carboxylic acids is 1. The monoisotopic (exact) mass is 639 g/mol. The van der Waals surface area contributed by atoms with Crippen LogP contribution in [0.2, 0.25) is 0 Å². The number of halogens is 1. The fraction of sp³-hybridized carbons (Fsp3) is 0.267. The van der Waals surface area contributed by atoms with Gasteiger partial charge < -0.3 is 14.6 Å². The van der Waals surface area contributed by atoms with E-state index < -0.39 is 12.1 Å². The zero-order valence-corrected chi connectivity index (χ0v) is 24.6. The van der Waals surface area contributed by atoms with Crippen LogP contribution in [0.5, 0.6) is 11.5 Å². The number of aryl methyl sites for hydroxylation is 1. The Morgan fingerprint density at radius 1 is 1.13 bits per heavy atom. The largest absolute Gasteiger partial charge is 0.494 e. The summed E-state index contributed by atoms with van der Waals surface area (Å²) in [5.41, 5.74) is 3.76. The van der Waals surface area contributed by atoms with Gasteiger partial charge in [-0.25, -0.2) is 9.78 Å². The molecule has 0 aliphatic heterocycles. The summed E-state index contributed by atoms with van der Waals surface area (Å²) in [7, 11) is 0. The predicted octanol–water partition coefficient (Wildman–Crippen LogP) is 6.23. The third-order valence-corrected chi connectivity index (χ3v) is 7.05. The molecule has 3 aromatic carbocycles. The summed E-state index contributed by atoms with van der Waals surface area (Å²) in [6, 6.07) is 16.5. The Morgan fingerprint density at radius 2 is 1.87 bits per heavy atom. The second kappa shape index (κ2) is 12.0. The number of aromatic nitrogens is 2. The summed E-state index contributed by atoms with van der Waals surface area (Å²) in [4.78, 5) is 29.7. The van der Waals surface area contributed by atoms with Gasteiger partial charge in [-0.3, -0.25) is 4.79 Å². The van der Waals surface area contributed by atoms with Crippen molar-refractivity contribution in [3.63, 3.8) is 0 Å². The van der Waals surface area contributed by atoms with E-state index in [0.717, 1.165) is 26.0 Å². The van der Waals surface area contributed by atoms with E-state index in [1.165, 1.54) is 11.6 Å². The van der Waals surface area contributed by atoms with Crippen LogP contribution in [0.1, 0.15) is 50.3 Å². The van der Waals surface area contributed by atoms with E-state index in [0.29, 0.717) is 34.6 Å². The lowest BCUT2D eigenvalue weighted by molar-refractivity contribution is -0.144. The lowest BCUT2D eigenvalue weighted by atomic mass is 9.96. The van der Waals surface area contributed by atoms with Crippen LogP contribution in [0, 0.1) is 10.5 Å². The molecule has 0 fully saturated rings. The Morgan fingerprint density at radius 3 is 2.54 bits per heavy atom. The molecule has 1 aromatic heterocycles. The third-order valence-electron chi connectivity index (χ3n) is 6.20. The van der Waals surface area contributed by atoms with Crippen molar-refractivity contribution < 1.29 is 19.4 Å². The van der Waals surface area contributed by atoms with Crippen molar-refractivity contribution in [2.45, 2.75) is 46.6 Å². The highest BCUT2D eigenvalue weighted by molar-refractivity contribution is 14.1. The maximum atomic E-state index is 13.7. The van der Waals surface area contributed by atoms with Gasteiger partial charge in [0.05, 0.1) is 27.3 Å². The SMILES string of the molecule is CCOc1cc(C)c(-c2nc3ccccc3c(=O)n2N=Cc2ccc(O[C@H](C)C(=O)O)c(I)c2)cc1C(C)C. The standard InChI is InChI=1S/C30H30IN3O5/c1-6-38-27-13-18(4)23(15-22(27)17(2)3)28-33-25-10-8-7-9-21(25)29(35)34(28)32-16-20-11-12-26(24(31)14-20)39-19(5)30(36)37/h7-17,19H,6H2,1-5H3,(H,36,37)/t19-/m1/s1. The van der Waals surface area contributed by atoms with Crippen LogP contribution in [0.4, 0.5) is 0 Å². The average Bonchev–Trinajstić information content (AvgIpc) is 2.89. The van der Waals surface area contributed by atoms with Gasteiger partial charge in [0, 0.05) is 5.56 Å². The molecule has 0 unspecified atom stereocenters. The number of para-hydroxylation sites is 1. The van der Waals surface area contributed by atoms with Gasteiger partial charge in [-0.2, -0.15) is 9.78 Å². The summed E-state index contributed by atoms with van der Waals surface area (Å²) in [6.07, 6.45) is 0.609. The van der Waals surface area contributed by atoms with Crippen LogP contribution in [-0.4, -0.2) is 39.7 Å². The fourth-order valence-corrected chi connectivity index (χ4v) is 4.80. The van der Waals surface area contributed by atoms with Crippen molar-refractivity contribution in [1.82, 2.24) is 9.66 Å². The number of hydrogen-bond donors (Lipinski definition) is 1. The van der Waals surface area contributed by atoms with Gasteiger partial charge in [0.15, 0.2) is 11.9 Å². The number of carboxylic acid groups (broad SMARTS) is 1. The van der Waals surface area contributed by atoms with Crippen LogP contribution in [-0.2, 0) is 4.79 Å². The summed E-state index contributed by atoms with van der Waals surface area (Å²) in [5.74, 6) is 0.863. The maximum absolute atomic E-state index is 13.7. The van der Waals surface area contributed by atoms with Gasteiger partial charge in [-0.05, 0) is 108 Å². The van der Waals surface area contributed by atoms with Crippen molar-refractivity contribution >= 4 is 45.7 Å². The molecule has 1 atom stereocenters. The summed E-state index contributed by atoms with van der Waals surface area (Å²) < 4.78 is 13.5. The molecule has 0 saturated carbocycles. The normalized spacial score (nSPS) is 12.3. The Hall–Kier alpha value is -3.73. The highest BCUT2D eigenvalue weighted by atomic mass is 127. The number of benzene rings is 3. The zero-order valence-electron chi connectivity index (χ0n) is 22.4. The molecule has 4 rings (SSSR count).